The third-order valence-electron chi connectivity index (χ3n) is 3.94. The molecule has 5 nitrogen and oxygen atoms in total. The topological polar surface area (TPSA) is 59.6 Å². The molecule has 0 atom stereocenters. The Morgan fingerprint density at radius 3 is 2.50 bits per heavy atom. The average Bonchev–Trinajstić information content (AvgIpc) is 2.58. The van der Waals surface area contributed by atoms with Crippen molar-refractivity contribution in [1.29, 1.82) is 0 Å². The zero-order valence-corrected chi connectivity index (χ0v) is 14.6. The van der Waals surface area contributed by atoms with Crippen LogP contribution in [0.5, 0.6) is 11.5 Å². The normalized spacial score (nSPS) is 10.2. The zero-order chi connectivity index (χ0) is 17.5. The van der Waals surface area contributed by atoms with E-state index in [0.29, 0.717) is 24.5 Å². The van der Waals surface area contributed by atoms with Gasteiger partial charge in [-0.2, -0.15) is 0 Å². The van der Waals surface area contributed by atoms with Crippen molar-refractivity contribution in [2.24, 2.45) is 0 Å². The molecule has 24 heavy (non-hydrogen) atoms. The Balaban J connectivity index is 1.87. The summed E-state index contributed by atoms with van der Waals surface area (Å²) in [4.78, 5) is 12.1. The lowest BCUT2D eigenvalue weighted by Gasteiger charge is -2.12. The predicted octanol–water partition coefficient (Wildman–Crippen LogP) is 3.76. The smallest absolute Gasteiger partial charge is 0.226 e. The molecule has 0 heterocycles. The molecule has 5 heteroatoms. The first-order valence-corrected chi connectivity index (χ1v) is 7.87. The van der Waals surface area contributed by atoms with Gasteiger partial charge in [0.2, 0.25) is 5.91 Å². The van der Waals surface area contributed by atoms with Gasteiger partial charge >= 0.3 is 0 Å². The van der Waals surface area contributed by atoms with Crippen molar-refractivity contribution in [2.75, 3.05) is 31.4 Å². The summed E-state index contributed by atoms with van der Waals surface area (Å²) in [5.41, 5.74) is 4.01. The Morgan fingerprint density at radius 1 is 1.04 bits per heavy atom. The highest BCUT2D eigenvalue weighted by atomic mass is 16.5. The van der Waals surface area contributed by atoms with Crippen LogP contribution in [-0.2, 0) is 4.79 Å². The summed E-state index contributed by atoms with van der Waals surface area (Å²) in [5.74, 6) is 1.31. The number of carbonyl (C=O) groups excluding carboxylic acids is 1. The summed E-state index contributed by atoms with van der Waals surface area (Å²) in [5, 5.41) is 6.17. The van der Waals surface area contributed by atoms with E-state index in [4.69, 9.17) is 9.47 Å². The SMILES string of the molecule is COc1ccc(NCCC(=O)Nc2cccc(C)c2C)cc1OC. The number of anilines is 2. The highest BCUT2D eigenvalue weighted by Gasteiger charge is 2.07. The molecule has 2 rings (SSSR count). The molecule has 2 aromatic carbocycles. The average molecular weight is 328 g/mol. The summed E-state index contributed by atoms with van der Waals surface area (Å²) in [6.45, 7) is 4.57. The van der Waals surface area contributed by atoms with Gasteiger partial charge in [0.1, 0.15) is 0 Å². The van der Waals surface area contributed by atoms with Gasteiger partial charge in [0, 0.05) is 30.4 Å². The molecule has 0 aliphatic carbocycles. The Labute approximate surface area is 143 Å². The number of ether oxygens (including phenoxy) is 2. The predicted molar refractivity (Wildman–Crippen MR) is 97.2 cm³/mol. The summed E-state index contributed by atoms with van der Waals surface area (Å²) >= 11 is 0. The molecule has 2 aromatic rings. The number of amides is 1. The van der Waals surface area contributed by atoms with Gasteiger partial charge in [-0.05, 0) is 43.2 Å². The number of benzene rings is 2. The van der Waals surface area contributed by atoms with Crippen molar-refractivity contribution < 1.29 is 14.3 Å². The molecule has 0 unspecified atom stereocenters. The standard InChI is InChI=1S/C19H24N2O3/c1-13-6-5-7-16(14(13)2)21-19(22)10-11-20-15-8-9-17(23-3)18(12-15)24-4/h5-9,12,20H,10-11H2,1-4H3,(H,21,22). The fraction of sp³-hybridized carbons (Fsp3) is 0.316. The molecule has 128 valence electrons. The Kier molecular flexibility index (Phi) is 6.07. The van der Waals surface area contributed by atoms with Crippen LogP contribution >= 0.6 is 0 Å². The van der Waals surface area contributed by atoms with E-state index < -0.39 is 0 Å². The highest BCUT2D eigenvalue weighted by molar-refractivity contribution is 5.91. The van der Waals surface area contributed by atoms with Crippen LogP contribution in [-0.4, -0.2) is 26.7 Å². The maximum atomic E-state index is 12.1. The van der Waals surface area contributed by atoms with Crippen LogP contribution in [0.25, 0.3) is 0 Å². The number of rotatable bonds is 7. The monoisotopic (exact) mass is 328 g/mol. The van der Waals surface area contributed by atoms with E-state index in [0.717, 1.165) is 22.5 Å². The molecular formula is C19H24N2O3. The second kappa shape index (κ2) is 8.24. The van der Waals surface area contributed by atoms with Gasteiger partial charge in [0.25, 0.3) is 0 Å². The summed E-state index contributed by atoms with van der Waals surface area (Å²) in [6, 6.07) is 11.5. The van der Waals surface area contributed by atoms with Gasteiger partial charge < -0.3 is 20.1 Å². The van der Waals surface area contributed by atoms with Gasteiger partial charge in [-0.15, -0.1) is 0 Å². The van der Waals surface area contributed by atoms with Gasteiger partial charge in [-0.25, -0.2) is 0 Å². The summed E-state index contributed by atoms with van der Waals surface area (Å²) < 4.78 is 10.5. The Hall–Kier alpha value is -2.69. The van der Waals surface area contributed by atoms with Crippen molar-refractivity contribution in [1.82, 2.24) is 0 Å². The van der Waals surface area contributed by atoms with E-state index >= 15 is 0 Å². The quantitative estimate of drug-likeness (QED) is 0.812. The van der Waals surface area contributed by atoms with Gasteiger partial charge in [0.05, 0.1) is 14.2 Å². The molecule has 0 saturated carbocycles. The number of aryl methyl sites for hydroxylation is 1. The van der Waals surface area contributed by atoms with Crippen molar-refractivity contribution in [2.45, 2.75) is 20.3 Å². The van der Waals surface area contributed by atoms with Crippen LogP contribution in [0.3, 0.4) is 0 Å². The van der Waals surface area contributed by atoms with Crippen LogP contribution in [0.4, 0.5) is 11.4 Å². The lowest BCUT2D eigenvalue weighted by Crippen LogP contribution is -2.17. The van der Waals surface area contributed by atoms with Crippen LogP contribution in [0.2, 0.25) is 0 Å². The molecular weight excluding hydrogens is 304 g/mol. The van der Waals surface area contributed by atoms with Crippen molar-refractivity contribution >= 4 is 17.3 Å². The fourth-order valence-corrected chi connectivity index (χ4v) is 2.37. The third-order valence-corrected chi connectivity index (χ3v) is 3.94. The number of methoxy groups -OCH3 is 2. The van der Waals surface area contributed by atoms with E-state index in [1.165, 1.54) is 0 Å². The molecule has 0 saturated heterocycles. The summed E-state index contributed by atoms with van der Waals surface area (Å²) in [6.07, 6.45) is 0.377. The maximum absolute atomic E-state index is 12.1. The molecule has 1 amide bonds. The second-order valence-corrected chi connectivity index (χ2v) is 5.54. The minimum absolute atomic E-state index is 0.0170. The molecule has 0 aromatic heterocycles. The number of hydrogen-bond donors (Lipinski definition) is 2. The Morgan fingerprint density at radius 2 is 1.79 bits per heavy atom. The summed E-state index contributed by atoms with van der Waals surface area (Å²) in [7, 11) is 3.20. The molecule has 0 radical (unpaired) electrons. The van der Waals surface area contributed by atoms with E-state index in [-0.39, 0.29) is 5.91 Å². The molecule has 0 aliphatic rings. The molecule has 0 spiro atoms. The lowest BCUT2D eigenvalue weighted by molar-refractivity contribution is -0.115. The third kappa shape index (κ3) is 4.41. The van der Waals surface area contributed by atoms with Gasteiger partial charge in [-0.1, -0.05) is 12.1 Å². The van der Waals surface area contributed by atoms with E-state index in [9.17, 15) is 4.79 Å². The number of nitrogens with one attached hydrogen (secondary N) is 2. The van der Waals surface area contributed by atoms with Crippen LogP contribution < -0.4 is 20.1 Å². The Bertz CT molecular complexity index is 714. The highest BCUT2D eigenvalue weighted by Crippen LogP contribution is 2.29. The van der Waals surface area contributed by atoms with E-state index in [1.54, 1.807) is 14.2 Å². The second-order valence-electron chi connectivity index (χ2n) is 5.54. The minimum Gasteiger partial charge on any atom is -0.493 e. The van der Waals surface area contributed by atoms with Gasteiger partial charge in [-0.3, -0.25) is 4.79 Å². The van der Waals surface area contributed by atoms with Crippen LogP contribution in [0.1, 0.15) is 17.5 Å². The van der Waals surface area contributed by atoms with Crippen molar-refractivity contribution in [3.63, 3.8) is 0 Å². The first-order valence-electron chi connectivity index (χ1n) is 7.87. The molecule has 2 N–H and O–H groups in total. The molecule has 0 bridgehead atoms. The zero-order valence-electron chi connectivity index (χ0n) is 14.6. The molecule has 0 aliphatic heterocycles. The first kappa shape index (κ1) is 17.7. The number of hydrogen-bond acceptors (Lipinski definition) is 4. The maximum Gasteiger partial charge on any atom is 0.226 e. The van der Waals surface area contributed by atoms with Crippen molar-refractivity contribution in [3.8, 4) is 11.5 Å². The van der Waals surface area contributed by atoms with E-state index in [1.807, 2.05) is 50.2 Å². The fourth-order valence-electron chi connectivity index (χ4n) is 2.37. The lowest BCUT2D eigenvalue weighted by atomic mass is 10.1. The van der Waals surface area contributed by atoms with Gasteiger partial charge in [0.15, 0.2) is 11.5 Å². The minimum atomic E-state index is -0.0170. The molecule has 0 fully saturated rings. The van der Waals surface area contributed by atoms with Crippen molar-refractivity contribution in [3.05, 3.63) is 47.5 Å². The largest absolute Gasteiger partial charge is 0.493 e. The van der Waals surface area contributed by atoms with Crippen LogP contribution in [0.15, 0.2) is 36.4 Å². The van der Waals surface area contributed by atoms with Crippen LogP contribution in [0, 0.1) is 13.8 Å². The first-order chi connectivity index (χ1) is 11.5. The number of carbonyl (C=O) groups is 1. The van der Waals surface area contributed by atoms with E-state index in [2.05, 4.69) is 10.6 Å².